The van der Waals surface area contributed by atoms with Gasteiger partial charge in [-0.2, -0.15) is 68.5 Å². The fourth-order valence-electron chi connectivity index (χ4n) is 13.3. The maximum Gasteiger partial charge on any atom is 0.395 e. The first-order valence-electron chi connectivity index (χ1n) is 38.5. The highest BCUT2D eigenvalue weighted by atomic mass is 32.1. The summed E-state index contributed by atoms with van der Waals surface area (Å²) >= 11 is 4.30. The molecule has 33 heteroatoms. The molecule has 18 nitrogen and oxygen atoms in total. The molecule has 3 aliphatic carbocycles. The average molecular weight is 1740 g/mol. The molecule has 0 unspecified atom stereocenters. The van der Waals surface area contributed by atoms with E-state index in [0.717, 1.165) is 87.1 Å². The molecule has 0 saturated carbocycles. The van der Waals surface area contributed by atoms with Gasteiger partial charge in [-0.05, 0) is 166 Å². The molecule has 3 aliphatic rings. The molecule has 0 amide bonds. The number of carbonyl (C=O) groups is 7. The zero-order chi connectivity index (χ0) is 87.4. The van der Waals surface area contributed by atoms with Gasteiger partial charge < -0.3 is 24.7 Å². The third-order valence-corrected chi connectivity index (χ3v) is 22.8. The van der Waals surface area contributed by atoms with Crippen LogP contribution in [0.2, 0.25) is 0 Å². The third kappa shape index (κ3) is 32.4. The van der Waals surface area contributed by atoms with Gasteiger partial charge in [-0.25, -0.2) is 15.0 Å². The second kappa shape index (κ2) is 44.4. The van der Waals surface area contributed by atoms with Crippen molar-refractivity contribution in [2.75, 3.05) is 32.9 Å². The van der Waals surface area contributed by atoms with Crippen LogP contribution in [0.15, 0.2) is 146 Å². The van der Waals surface area contributed by atoms with Gasteiger partial charge in [-0.1, -0.05) is 72.8 Å². The fraction of sp³-hybridized carbons (Fsp3) is 0.375. The number of nitrogens with two attached hydrogens (primary N) is 1. The van der Waals surface area contributed by atoms with E-state index in [2.05, 4.69) is 21.0 Å². The van der Waals surface area contributed by atoms with Crippen LogP contribution >= 0.6 is 34.0 Å². The number of hydrogen-bond acceptors (Lipinski definition) is 21. The number of thiazole rings is 3. The van der Waals surface area contributed by atoms with E-state index in [-0.39, 0.29) is 124 Å². The largest absolute Gasteiger partial charge is 0.486 e. The van der Waals surface area contributed by atoms with E-state index >= 15 is 0 Å². The third-order valence-electron chi connectivity index (χ3n) is 19.4. The smallest absolute Gasteiger partial charge is 0.395 e. The second-order valence-corrected chi connectivity index (χ2v) is 32.5. The molecule has 121 heavy (non-hydrogen) atoms. The van der Waals surface area contributed by atoms with Gasteiger partial charge in [-0.15, -0.1) is 34.0 Å². The summed E-state index contributed by atoms with van der Waals surface area (Å²) in [6.07, 6.45) is -14.4. The first-order valence-corrected chi connectivity index (χ1v) is 40.9. The van der Waals surface area contributed by atoms with Crippen molar-refractivity contribution in [2.45, 2.75) is 172 Å². The number of nitrogens with zero attached hydrogens (tertiary/aromatic N) is 7. The summed E-state index contributed by atoms with van der Waals surface area (Å²) in [6, 6.07) is 46.1. The number of ether oxygens (including phenoxy) is 3. The Balaban J connectivity index is 0.000000200. The lowest BCUT2D eigenvalue weighted by molar-refractivity contribution is -0.148. The number of hydrogen-bond donors (Lipinski definition) is 1. The highest BCUT2D eigenvalue weighted by Crippen LogP contribution is 2.37. The second-order valence-electron chi connectivity index (χ2n) is 29.0. The minimum Gasteiger partial charge on any atom is -0.486 e. The first kappa shape index (κ1) is 93.7. The summed E-state index contributed by atoms with van der Waals surface area (Å²) in [4.78, 5) is 103. The van der Waals surface area contributed by atoms with Gasteiger partial charge in [0.2, 0.25) is 0 Å². The molecule has 636 valence electrons. The highest BCUT2D eigenvalue weighted by Gasteiger charge is 2.36. The minimum atomic E-state index is -4.47. The van der Waals surface area contributed by atoms with Crippen LogP contribution < -0.4 is 19.9 Å². The van der Waals surface area contributed by atoms with Crippen LogP contribution in [-0.4, -0.2) is 131 Å². The number of aldehydes is 1. The zero-order valence-corrected chi connectivity index (χ0v) is 67.6. The molecule has 0 bridgehead atoms. The Hall–Kier alpha value is -11.2. The Morgan fingerprint density at radius 2 is 0.793 bits per heavy atom. The number of benzene rings is 6. The Kier molecular flexibility index (Phi) is 34.4. The lowest BCUT2D eigenvalue weighted by atomic mass is 9.87. The number of nitriles is 3. The Morgan fingerprint density at radius 3 is 1.13 bits per heavy atom. The van der Waals surface area contributed by atoms with Crippen LogP contribution in [0.5, 0.6) is 17.2 Å². The van der Waals surface area contributed by atoms with Crippen molar-refractivity contribution in [3.8, 4) is 35.5 Å². The van der Waals surface area contributed by atoms with Gasteiger partial charge in [-0.3, -0.25) is 33.7 Å². The van der Waals surface area contributed by atoms with E-state index in [1.54, 1.807) is 151 Å². The molecule has 12 rings (SSSR count). The van der Waals surface area contributed by atoms with Crippen molar-refractivity contribution in [3.05, 3.63) is 242 Å². The van der Waals surface area contributed by atoms with Crippen LogP contribution in [0.3, 0.4) is 0 Å². The van der Waals surface area contributed by atoms with Gasteiger partial charge in [0, 0.05) is 82.2 Å². The van der Waals surface area contributed by atoms with Crippen LogP contribution in [-0.2, 0) is 96.2 Å². The summed E-state index contributed by atoms with van der Waals surface area (Å²) in [5.74, 6) is 0.659. The zero-order valence-electron chi connectivity index (χ0n) is 65.1. The standard InChI is InChI=1S/C31H29F6N3O3S.C29H27F3N2O3S.C25H23N3O3S.C3H3F3O/c32-30(33,34)10-12-40(13-11-31(35,36)37)23-8-9-26-28(16-23)44-29(39-26)17-27(42)22-2-1-3-25(15-22)43-19-24(41)14-20-4-6-21(18-38)7-5-20;30-29(31,32)12-2-3-19-10-11-25-27(14-19)38-28(34-25)16-26(36)22-4-1-5-24(15-22)37-18-23(35)13-20-6-8-21(17-33)9-7-20;26-14-17-6-4-16(5-7-17)10-20(29)15-31-21-3-1-2-18(11-21)23(30)13-25-28-22-9-8-19(27)12-24(22)32-25;4-3(5,6)1-2-7/h1-7,15,23H,8-14,16-17,19H2;1,4-9,15,19H,2-3,10-14,16,18H2;1-7,11,19H,8-10,12-13,15,27H2;2H,1H2/t23-;2*19-;/m000./s1. The van der Waals surface area contributed by atoms with Crippen LogP contribution in [0.1, 0.15) is 169 Å². The number of alkyl halides is 12. The summed E-state index contributed by atoms with van der Waals surface area (Å²) in [5, 5.41) is 28.6. The van der Waals surface area contributed by atoms with Crippen LogP contribution in [0.25, 0.3) is 0 Å². The molecule has 9 aromatic rings. The molecule has 2 N–H and O–H groups in total. The van der Waals surface area contributed by atoms with E-state index in [1.807, 2.05) is 12.1 Å². The number of fused-ring (bicyclic) bond motifs is 3. The van der Waals surface area contributed by atoms with E-state index in [1.165, 1.54) is 38.5 Å². The maximum absolute atomic E-state index is 13.0. The van der Waals surface area contributed by atoms with Crippen molar-refractivity contribution in [1.29, 1.82) is 15.8 Å². The number of ketones is 6. The normalized spacial score (nSPS) is 14.8. The Labute approximate surface area is 701 Å². The summed E-state index contributed by atoms with van der Waals surface area (Å²) in [5.41, 5.74) is 14.1. The summed E-state index contributed by atoms with van der Waals surface area (Å²) in [6.45, 7) is -1.45. The molecule has 0 fully saturated rings. The number of aromatic nitrogens is 3. The molecule has 0 radical (unpaired) electrons. The molecular weight excluding hydrogens is 1650 g/mol. The molecular formula is C88H82F12N8O10S3. The minimum absolute atomic E-state index is 0.0325. The van der Waals surface area contributed by atoms with Gasteiger partial charge in [0.25, 0.3) is 0 Å². The lowest BCUT2D eigenvalue weighted by Crippen LogP contribution is -2.42. The van der Waals surface area contributed by atoms with Gasteiger partial charge in [0.05, 0.1) is 90.5 Å². The summed E-state index contributed by atoms with van der Waals surface area (Å²) < 4.78 is 164. The first-order chi connectivity index (χ1) is 57.5. The number of halogens is 12. The molecule has 3 atom stereocenters. The van der Waals surface area contributed by atoms with Crippen molar-refractivity contribution in [2.24, 2.45) is 11.7 Å². The topological polar surface area (TPSA) is 286 Å². The van der Waals surface area contributed by atoms with E-state index in [0.29, 0.717) is 79.9 Å². The number of carbonyl (C=O) groups excluding carboxylic acids is 7. The summed E-state index contributed by atoms with van der Waals surface area (Å²) in [7, 11) is 0. The predicted octanol–water partition coefficient (Wildman–Crippen LogP) is 17.7. The monoisotopic (exact) mass is 1730 g/mol. The molecule has 0 aliphatic heterocycles. The van der Waals surface area contributed by atoms with Crippen LogP contribution in [0, 0.1) is 39.9 Å². The number of rotatable bonds is 33. The number of aryl methyl sites for hydroxylation is 3. The average Bonchev–Trinajstić information content (AvgIpc) is 1.68. The lowest BCUT2D eigenvalue weighted by Gasteiger charge is -2.34. The Morgan fingerprint density at radius 1 is 0.446 bits per heavy atom. The molecule has 3 aromatic heterocycles. The van der Waals surface area contributed by atoms with E-state index < -0.39 is 69.5 Å². The number of Topliss-reactive ketones (excluding diaryl/α,β-unsaturated/α-hetero) is 6. The molecule has 6 aromatic carbocycles. The van der Waals surface area contributed by atoms with Crippen LogP contribution in [0.4, 0.5) is 52.7 Å². The van der Waals surface area contributed by atoms with Crippen molar-refractivity contribution in [3.63, 3.8) is 0 Å². The molecule has 3 heterocycles. The fourth-order valence-corrected chi connectivity index (χ4v) is 16.9. The SMILES string of the molecule is N#Cc1ccc(CC(=O)COc2cccc(C(=O)Cc3nc4c(s3)C[C@@H](CCCC(F)(F)F)CC4)c2)cc1.N#Cc1ccc(CC(=O)COc2cccc(C(=O)Cc3nc4c(s3)C[C@@H](N(CCC(F)(F)F)CCC(F)(F)F)CC4)c2)cc1.N#Cc1ccc(CC(=O)COc2cccc(C(=O)Cc3nc4c(s3)C[C@@H](N)CC4)c2)cc1.O=CCC(F)(F)F. The molecule has 0 saturated heterocycles. The maximum atomic E-state index is 13.0. The highest BCUT2D eigenvalue weighted by molar-refractivity contribution is 7.12. The predicted molar refractivity (Wildman–Crippen MR) is 427 cm³/mol. The van der Waals surface area contributed by atoms with E-state index in [4.69, 9.17) is 40.5 Å². The van der Waals surface area contributed by atoms with Gasteiger partial charge in [0.1, 0.15) is 58.4 Å². The quantitative estimate of drug-likeness (QED) is 0.0227. The van der Waals surface area contributed by atoms with Gasteiger partial charge >= 0.3 is 24.7 Å². The molecule has 0 spiro atoms. The Bertz CT molecular complexity index is 5160. The van der Waals surface area contributed by atoms with Gasteiger partial charge in [0.15, 0.2) is 34.7 Å². The van der Waals surface area contributed by atoms with Crippen molar-refractivity contribution >= 4 is 75.0 Å². The van der Waals surface area contributed by atoms with Crippen molar-refractivity contribution in [1.82, 2.24) is 19.9 Å². The van der Waals surface area contributed by atoms with Crippen molar-refractivity contribution < 1.29 is 100 Å². The van der Waals surface area contributed by atoms with E-state index in [9.17, 15) is 81.5 Å².